The maximum Gasteiger partial charge on any atom is 0.264 e. The molecule has 21 heavy (non-hydrogen) atoms. The van der Waals surface area contributed by atoms with Gasteiger partial charge in [0.15, 0.2) is 0 Å². The van der Waals surface area contributed by atoms with Crippen molar-refractivity contribution in [3.05, 3.63) is 55.7 Å². The van der Waals surface area contributed by atoms with E-state index in [1.807, 2.05) is 17.9 Å². The van der Waals surface area contributed by atoms with E-state index < -0.39 is 0 Å². The van der Waals surface area contributed by atoms with Crippen molar-refractivity contribution in [2.24, 2.45) is 0 Å². The van der Waals surface area contributed by atoms with Crippen LogP contribution < -0.4 is 0 Å². The molecule has 0 bridgehead atoms. The summed E-state index contributed by atoms with van der Waals surface area (Å²) in [6, 6.07) is 10.9. The third kappa shape index (κ3) is 3.38. The fourth-order valence-electron chi connectivity index (χ4n) is 2.35. The summed E-state index contributed by atoms with van der Waals surface area (Å²) in [6.07, 6.45) is 2.26. The van der Waals surface area contributed by atoms with Crippen molar-refractivity contribution >= 4 is 33.2 Å². The Morgan fingerprint density at radius 1 is 1.29 bits per heavy atom. The van der Waals surface area contributed by atoms with Crippen molar-refractivity contribution in [1.29, 1.82) is 0 Å². The summed E-state index contributed by atoms with van der Waals surface area (Å²) in [4.78, 5) is 15.6. The van der Waals surface area contributed by atoms with E-state index in [0.717, 1.165) is 27.1 Å². The molecule has 0 atom stereocenters. The molecular weight excluding hydrogens is 346 g/mol. The van der Waals surface area contributed by atoms with Crippen molar-refractivity contribution in [3.8, 4) is 0 Å². The number of amides is 1. The highest BCUT2D eigenvalue weighted by molar-refractivity contribution is 9.11. The minimum absolute atomic E-state index is 0.164. The van der Waals surface area contributed by atoms with Gasteiger partial charge in [-0.15, -0.1) is 11.3 Å². The van der Waals surface area contributed by atoms with E-state index >= 15 is 0 Å². The number of nitrogens with zero attached hydrogens (tertiary/aromatic N) is 1. The van der Waals surface area contributed by atoms with Gasteiger partial charge in [0.25, 0.3) is 5.91 Å². The van der Waals surface area contributed by atoms with Gasteiger partial charge in [0.1, 0.15) is 0 Å². The summed E-state index contributed by atoms with van der Waals surface area (Å²) in [5.41, 5.74) is 3.59. The lowest BCUT2D eigenvalue weighted by Crippen LogP contribution is -2.32. The molecule has 1 fully saturated rings. The fraction of sp³-hybridized carbons (Fsp3) is 0.353. The van der Waals surface area contributed by atoms with Crippen molar-refractivity contribution < 1.29 is 4.79 Å². The van der Waals surface area contributed by atoms with E-state index in [0.29, 0.717) is 12.6 Å². The third-order valence-electron chi connectivity index (χ3n) is 3.79. The average molecular weight is 364 g/mol. The summed E-state index contributed by atoms with van der Waals surface area (Å²) in [6.45, 7) is 4.82. The third-order valence-corrected chi connectivity index (χ3v) is 5.91. The van der Waals surface area contributed by atoms with Gasteiger partial charge in [-0.2, -0.15) is 0 Å². The lowest BCUT2D eigenvalue weighted by Gasteiger charge is -2.22. The first-order valence-corrected chi connectivity index (χ1v) is 8.78. The van der Waals surface area contributed by atoms with Gasteiger partial charge >= 0.3 is 0 Å². The second-order valence-electron chi connectivity index (χ2n) is 5.72. The van der Waals surface area contributed by atoms with Gasteiger partial charge in [0.05, 0.1) is 8.66 Å². The monoisotopic (exact) mass is 363 g/mol. The molecule has 0 radical (unpaired) electrons. The molecule has 1 aromatic heterocycles. The second-order valence-corrected chi connectivity index (χ2v) is 8.09. The molecule has 2 aromatic rings. The van der Waals surface area contributed by atoms with Crippen LogP contribution in [-0.2, 0) is 6.54 Å². The number of halogens is 1. The normalized spacial score (nSPS) is 14.2. The molecule has 1 aliphatic carbocycles. The van der Waals surface area contributed by atoms with E-state index in [2.05, 4.69) is 47.1 Å². The van der Waals surface area contributed by atoms with Crippen molar-refractivity contribution in [1.82, 2.24) is 4.90 Å². The van der Waals surface area contributed by atoms with E-state index in [4.69, 9.17) is 0 Å². The molecule has 0 N–H and O–H groups in total. The molecule has 1 saturated carbocycles. The predicted molar refractivity (Wildman–Crippen MR) is 90.8 cm³/mol. The van der Waals surface area contributed by atoms with Gasteiger partial charge in [0.2, 0.25) is 0 Å². The molecule has 0 spiro atoms. The maximum atomic E-state index is 12.8. The molecule has 110 valence electrons. The minimum atomic E-state index is 0.164. The van der Waals surface area contributed by atoms with E-state index in [1.165, 1.54) is 22.5 Å². The van der Waals surface area contributed by atoms with Crippen LogP contribution in [0, 0.1) is 13.8 Å². The number of rotatable bonds is 4. The summed E-state index contributed by atoms with van der Waals surface area (Å²) < 4.78 is 1.05. The zero-order valence-corrected chi connectivity index (χ0v) is 14.6. The van der Waals surface area contributed by atoms with Gasteiger partial charge < -0.3 is 4.90 Å². The quantitative estimate of drug-likeness (QED) is 0.753. The Bertz CT molecular complexity index is 638. The van der Waals surface area contributed by atoms with Crippen LogP contribution in [0.4, 0.5) is 0 Å². The Morgan fingerprint density at radius 3 is 2.48 bits per heavy atom. The molecule has 1 amide bonds. The zero-order chi connectivity index (χ0) is 15.0. The zero-order valence-electron chi connectivity index (χ0n) is 12.2. The summed E-state index contributed by atoms with van der Waals surface area (Å²) in [7, 11) is 0. The minimum Gasteiger partial charge on any atom is -0.331 e. The van der Waals surface area contributed by atoms with Crippen molar-refractivity contribution in [2.45, 2.75) is 39.3 Å². The smallest absolute Gasteiger partial charge is 0.264 e. The molecule has 1 aromatic carbocycles. The number of carbonyl (C=O) groups is 1. The Labute approximate surface area is 137 Å². The second kappa shape index (κ2) is 5.93. The van der Waals surface area contributed by atoms with Crippen molar-refractivity contribution in [2.75, 3.05) is 0 Å². The van der Waals surface area contributed by atoms with Gasteiger partial charge in [0, 0.05) is 12.6 Å². The number of hydrogen-bond acceptors (Lipinski definition) is 2. The van der Waals surface area contributed by atoms with Crippen LogP contribution in [-0.4, -0.2) is 16.8 Å². The summed E-state index contributed by atoms with van der Waals surface area (Å²) >= 11 is 5.04. The Kier molecular flexibility index (Phi) is 4.18. The predicted octanol–water partition coefficient (Wildman–Crippen LogP) is 4.93. The highest BCUT2D eigenvalue weighted by atomic mass is 79.9. The molecular formula is C17H18BrNOS. The topological polar surface area (TPSA) is 20.3 Å². The molecule has 4 heteroatoms. The molecule has 2 nitrogen and oxygen atoms in total. The number of benzene rings is 1. The Hall–Kier alpha value is -1.13. The lowest BCUT2D eigenvalue weighted by molar-refractivity contribution is 0.0735. The molecule has 1 heterocycles. The van der Waals surface area contributed by atoms with Crippen LogP contribution in [0.25, 0.3) is 0 Å². The van der Waals surface area contributed by atoms with Crippen LogP contribution in [0.2, 0.25) is 0 Å². The standard InChI is InChI=1S/C17H18BrNOS/c1-11-3-5-13(6-4-11)10-19(14-7-8-14)17(20)15-9-12(2)16(18)21-15/h3-6,9,14H,7-8,10H2,1-2H3. The highest BCUT2D eigenvalue weighted by Crippen LogP contribution is 2.33. The first-order valence-electron chi connectivity index (χ1n) is 7.17. The number of thiophene rings is 1. The summed E-state index contributed by atoms with van der Waals surface area (Å²) in [5, 5.41) is 0. The van der Waals surface area contributed by atoms with Gasteiger partial charge in [-0.05, 0) is 59.8 Å². The molecule has 0 aliphatic heterocycles. The van der Waals surface area contributed by atoms with Gasteiger partial charge in [-0.3, -0.25) is 4.79 Å². The van der Waals surface area contributed by atoms with E-state index in [-0.39, 0.29) is 5.91 Å². The van der Waals surface area contributed by atoms with Crippen LogP contribution >= 0.6 is 27.3 Å². The van der Waals surface area contributed by atoms with Crippen LogP contribution in [0.5, 0.6) is 0 Å². The molecule has 0 unspecified atom stereocenters. The maximum absolute atomic E-state index is 12.8. The highest BCUT2D eigenvalue weighted by Gasteiger charge is 2.33. The van der Waals surface area contributed by atoms with E-state index in [9.17, 15) is 4.79 Å². The first kappa shape index (κ1) is 14.8. The van der Waals surface area contributed by atoms with Crippen LogP contribution in [0.3, 0.4) is 0 Å². The molecule has 0 saturated heterocycles. The number of aryl methyl sites for hydroxylation is 2. The summed E-state index contributed by atoms with van der Waals surface area (Å²) in [5.74, 6) is 0.164. The molecule has 1 aliphatic rings. The Morgan fingerprint density at radius 2 is 1.95 bits per heavy atom. The number of carbonyl (C=O) groups excluding carboxylic acids is 1. The SMILES string of the molecule is Cc1ccc(CN(C(=O)c2cc(C)c(Br)s2)C2CC2)cc1. The van der Waals surface area contributed by atoms with Gasteiger partial charge in [-0.25, -0.2) is 0 Å². The van der Waals surface area contributed by atoms with E-state index in [1.54, 1.807) is 0 Å². The fourth-order valence-corrected chi connectivity index (χ4v) is 3.84. The molecule has 3 rings (SSSR count). The first-order chi connectivity index (χ1) is 10.0. The van der Waals surface area contributed by atoms with Crippen molar-refractivity contribution in [3.63, 3.8) is 0 Å². The van der Waals surface area contributed by atoms with Crippen LogP contribution in [0.1, 0.15) is 39.2 Å². The average Bonchev–Trinajstić information content (AvgIpc) is 3.24. The Balaban J connectivity index is 1.81. The van der Waals surface area contributed by atoms with Crippen LogP contribution in [0.15, 0.2) is 34.1 Å². The largest absolute Gasteiger partial charge is 0.331 e. The lowest BCUT2D eigenvalue weighted by atomic mass is 10.1. The van der Waals surface area contributed by atoms with Gasteiger partial charge in [-0.1, -0.05) is 29.8 Å². The number of hydrogen-bond donors (Lipinski definition) is 0.